The predicted octanol–water partition coefficient (Wildman–Crippen LogP) is 4.08. The van der Waals surface area contributed by atoms with E-state index in [-0.39, 0.29) is 0 Å². The smallest absolute Gasteiger partial charge is 0.0767 e. The lowest BCUT2D eigenvalue weighted by Crippen LogP contribution is -2.20. The number of nitrogens with zero attached hydrogens (tertiary/aromatic N) is 2. The van der Waals surface area contributed by atoms with Crippen LogP contribution in [0, 0.1) is 0 Å². The van der Waals surface area contributed by atoms with E-state index >= 15 is 0 Å². The molecule has 0 saturated carbocycles. The first-order chi connectivity index (χ1) is 9.67. The first-order valence-corrected chi connectivity index (χ1v) is 7.99. The second-order valence-corrected chi connectivity index (χ2v) is 5.68. The third-order valence-corrected chi connectivity index (χ3v) is 4.48. The summed E-state index contributed by atoms with van der Waals surface area (Å²) in [5, 5.41) is 8.20. The van der Waals surface area contributed by atoms with Crippen LogP contribution in [0.2, 0.25) is 0 Å². The highest BCUT2D eigenvalue weighted by molar-refractivity contribution is 9.10. The summed E-state index contributed by atoms with van der Waals surface area (Å²) in [5.41, 5.74) is 3.67. The molecule has 2 aromatic rings. The SMILES string of the molecule is CCc1nn(CC)c(CN[C@@H](C)c2ccccc2)c1Br. The minimum Gasteiger partial charge on any atom is -0.305 e. The zero-order chi connectivity index (χ0) is 14.5. The van der Waals surface area contributed by atoms with E-state index < -0.39 is 0 Å². The van der Waals surface area contributed by atoms with Crippen LogP contribution in [-0.4, -0.2) is 9.78 Å². The lowest BCUT2D eigenvalue weighted by atomic mass is 10.1. The van der Waals surface area contributed by atoms with Crippen molar-refractivity contribution in [3.05, 3.63) is 51.8 Å². The number of aromatic nitrogens is 2. The van der Waals surface area contributed by atoms with Gasteiger partial charge in [-0.15, -0.1) is 0 Å². The van der Waals surface area contributed by atoms with Gasteiger partial charge in [0.25, 0.3) is 0 Å². The molecule has 1 N–H and O–H groups in total. The summed E-state index contributed by atoms with van der Waals surface area (Å²) >= 11 is 3.69. The van der Waals surface area contributed by atoms with Gasteiger partial charge in [-0.25, -0.2) is 0 Å². The molecule has 2 rings (SSSR count). The average molecular weight is 336 g/mol. The van der Waals surface area contributed by atoms with Gasteiger partial charge in [0.05, 0.1) is 15.9 Å². The molecular weight excluding hydrogens is 314 g/mol. The van der Waals surface area contributed by atoms with E-state index in [1.165, 1.54) is 11.3 Å². The molecule has 4 heteroatoms. The molecule has 0 unspecified atom stereocenters. The maximum atomic E-state index is 4.63. The number of hydrogen-bond donors (Lipinski definition) is 1. The Morgan fingerprint density at radius 1 is 1.25 bits per heavy atom. The fourth-order valence-electron chi connectivity index (χ4n) is 2.30. The first-order valence-electron chi connectivity index (χ1n) is 7.19. The summed E-state index contributed by atoms with van der Waals surface area (Å²) < 4.78 is 3.22. The van der Waals surface area contributed by atoms with E-state index in [9.17, 15) is 0 Å². The van der Waals surface area contributed by atoms with E-state index in [0.29, 0.717) is 6.04 Å². The Balaban J connectivity index is 2.09. The molecule has 0 fully saturated rings. The molecular formula is C16H22BrN3. The number of hydrogen-bond acceptors (Lipinski definition) is 2. The molecule has 0 amide bonds. The van der Waals surface area contributed by atoms with Gasteiger partial charge in [-0.05, 0) is 41.8 Å². The van der Waals surface area contributed by atoms with Crippen LogP contribution in [0.5, 0.6) is 0 Å². The monoisotopic (exact) mass is 335 g/mol. The summed E-state index contributed by atoms with van der Waals surface area (Å²) in [5.74, 6) is 0. The van der Waals surface area contributed by atoms with Crippen LogP contribution < -0.4 is 5.32 Å². The quantitative estimate of drug-likeness (QED) is 0.861. The van der Waals surface area contributed by atoms with Gasteiger partial charge in [-0.2, -0.15) is 5.10 Å². The van der Waals surface area contributed by atoms with Gasteiger partial charge < -0.3 is 5.32 Å². The molecule has 1 aromatic heterocycles. The number of rotatable bonds is 6. The zero-order valence-corrected chi connectivity index (χ0v) is 13.9. The van der Waals surface area contributed by atoms with Gasteiger partial charge in [0.15, 0.2) is 0 Å². The number of nitrogens with one attached hydrogen (secondary N) is 1. The van der Waals surface area contributed by atoms with E-state index in [1.807, 2.05) is 6.07 Å². The Labute approximate surface area is 129 Å². The van der Waals surface area contributed by atoms with Gasteiger partial charge in [0.2, 0.25) is 0 Å². The van der Waals surface area contributed by atoms with Crippen molar-refractivity contribution in [2.24, 2.45) is 0 Å². The molecule has 0 aliphatic rings. The lowest BCUT2D eigenvalue weighted by molar-refractivity contribution is 0.529. The van der Waals surface area contributed by atoms with Gasteiger partial charge in [0.1, 0.15) is 0 Å². The maximum Gasteiger partial charge on any atom is 0.0767 e. The van der Waals surface area contributed by atoms with Crippen molar-refractivity contribution in [3.63, 3.8) is 0 Å². The summed E-state index contributed by atoms with van der Waals surface area (Å²) in [6.45, 7) is 8.17. The molecule has 3 nitrogen and oxygen atoms in total. The molecule has 0 spiro atoms. The highest BCUT2D eigenvalue weighted by atomic mass is 79.9. The molecule has 1 atom stereocenters. The van der Waals surface area contributed by atoms with Gasteiger partial charge in [0, 0.05) is 19.1 Å². The van der Waals surface area contributed by atoms with Crippen LogP contribution in [0.15, 0.2) is 34.8 Å². The standard InChI is InChI=1S/C16H22BrN3/c1-4-14-16(17)15(20(5-2)19-14)11-18-12(3)13-9-7-6-8-10-13/h6-10,12,18H,4-5,11H2,1-3H3/t12-/m0/s1. The van der Waals surface area contributed by atoms with Crippen molar-refractivity contribution in [2.75, 3.05) is 0 Å². The molecule has 108 valence electrons. The lowest BCUT2D eigenvalue weighted by Gasteiger charge is -2.15. The fraction of sp³-hybridized carbons (Fsp3) is 0.438. The van der Waals surface area contributed by atoms with Crippen LogP contribution in [0.3, 0.4) is 0 Å². The van der Waals surface area contributed by atoms with Crippen molar-refractivity contribution in [3.8, 4) is 0 Å². The Morgan fingerprint density at radius 3 is 2.55 bits per heavy atom. The van der Waals surface area contributed by atoms with Crippen molar-refractivity contribution in [1.82, 2.24) is 15.1 Å². The molecule has 0 saturated heterocycles. The molecule has 1 heterocycles. The van der Waals surface area contributed by atoms with Crippen molar-refractivity contribution in [1.29, 1.82) is 0 Å². The van der Waals surface area contributed by atoms with Crippen molar-refractivity contribution < 1.29 is 0 Å². The average Bonchev–Trinajstić information content (AvgIpc) is 2.81. The minimum atomic E-state index is 0.327. The topological polar surface area (TPSA) is 29.9 Å². The van der Waals surface area contributed by atoms with Crippen molar-refractivity contribution in [2.45, 2.75) is 46.3 Å². The van der Waals surface area contributed by atoms with Crippen LogP contribution in [0.4, 0.5) is 0 Å². The Bertz CT molecular complexity index is 548. The second kappa shape index (κ2) is 7.04. The molecule has 0 aliphatic heterocycles. The third-order valence-electron chi connectivity index (χ3n) is 3.57. The zero-order valence-electron chi connectivity index (χ0n) is 12.4. The van der Waals surface area contributed by atoms with E-state index in [4.69, 9.17) is 0 Å². The van der Waals surface area contributed by atoms with E-state index in [2.05, 4.69) is 76.1 Å². The van der Waals surface area contributed by atoms with Gasteiger partial charge >= 0.3 is 0 Å². The van der Waals surface area contributed by atoms with E-state index in [1.54, 1.807) is 0 Å². The highest BCUT2D eigenvalue weighted by Gasteiger charge is 2.14. The van der Waals surface area contributed by atoms with Crippen LogP contribution in [-0.2, 0) is 19.5 Å². The Kier molecular flexibility index (Phi) is 5.38. The summed E-state index contributed by atoms with van der Waals surface area (Å²) in [4.78, 5) is 0. The number of aryl methyl sites for hydroxylation is 2. The van der Waals surface area contributed by atoms with Crippen LogP contribution >= 0.6 is 15.9 Å². The van der Waals surface area contributed by atoms with Crippen LogP contribution in [0.1, 0.15) is 43.8 Å². The summed E-state index contributed by atoms with van der Waals surface area (Å²) in [7, 11) is 0. The highest BCUT2D eigenvalue weighted by Crippen LogP contribution is 2.23. The normalized spacial score (nSPS) is 12.6. The van der Waals surface area contributed by atoms with Crippen LogP contribution in [0.25, 0.3) is 0 Å². The van der Waals surface area contributed by atoms with E-state index in [0.717, 1.165) is 29.7 Å². The molecule has 0 radical (unpaired) electrons. The predicted molar refractivity (Wildman–Crippen MR) is 86.7 cm³/mol. The Hall–Kier alpha value is -1.13. The molecule has 0 aliphatic carbocycles. The number of benzene rings is 1. The molecule has 20 heavy (non-hydrogen) atoms. The summed E-state index contributed by atoms with van der Waals surface area (Å²) in [6, 6.07) is 10.8. The molecule has 0 bridgehead atoms. The molecule has 1 aromatic carbocycles. The van der Waals surface area contributed by atoms with Gasteiger partial charge in [-0.3, -0.25) is 4.68 Å². The largest absolute Gasteiger partial charge is 0.305 e. The second-order valence-electron chi connectivity index (χ2n) is 4.89. The maximum absolute atomic E-state index is 4.63. The fourth-order valence-corrected chi connectivity index (χ4v) is 3.00. The first kappa shape index (κ1) is 15.3. The minimum absolute atomic E-state index is 0.327. The summed E-state index contributed by atoms with van der Waals surface area (Å²) in [6.07, 6.45) is 0.953. The Morgan fingerprint density at radius 2 is 1.95 bits per heavy atom. The van der Waals surface area contributed by atoms with Gasteiger partial charge in [-0.1, -0.05) is 37.3 Å². The number of halogens is 1. The third kappa shape index (κ3) is 3.30. The van der Waals surface area contributed by atoms with Crippen molar-refractivity contribution >= 4 is 15.9 Å².